The third kappa shape index (κ3) is 6.82. The molecule has 5 nitrogen and oxygen atoms in total. The summed E-state index contributed by atoms with van der Waals surface area (Å²) in [5, 5.41) is 9.66. The van der Waals surface area contributed by atoms with Gasteiger partial charge in [-0.3, -0.25) is 9.79 Å². The number of hydrogen-bond donors (Lipinski definition) is 3. The molecule has 0 aromatic carbocycles. The van der Waals surface area contributed by atoms with Gasteiger partial charge >= 0.3 is 0 Å². The predicted molar refractivity (Wildman–Crippen MR) is 88.4 cm³/mol. The van der Waals surface area contributed by atoms with Crippen molar-refractivity contribution in [3.8, 4) is 0 Å². The summed E-state index contributed by atoms with van der Waals surface area (Å²) in [6, 6.07) is 0.525. The zero-order valence-electron chi connectivity index (χ0n) is 14.3. The summed E-state index contributed by atoms with van der Waals surface area (Å²) in [7, 11) is 1.79. The monoisotopic (exact) mass is 296 g/mol. The maximum absolute atomic E-state index is 11.7. The molecule has 5 heteroatoms. The van der Waals surface area contributed by atoms with Crippen molar-refractivity contribution in [2.45, 2.75) is 59.4 Å². The van der Waals surface area contributed by atoms with Crippen molar-refractivity contribution >= 4 is 11.9 Å². The first-order valence-corrected chi connectivity index (χ1v) is 8.08. The summed E-state index contributed by atoms with van der Waals surface area (Å²) >= 11 is 0. The second kappa shape index (κ2) is 8.25. The molecule has 0 atom stereocenters. The van der Waals surface area contributed by atoms with Gasteiger partial charge in [0.25, 0.3) is 0 Å². The molecule has 1 amide bonds. The van der Waals surface area contributed by atoms with E-state index in [-0.39, 0.29) is 11.3 Å². The van der Waals surface area contributed by atoms with Gasteiger partial charge in [0, 0.05) is 31.6 Å². The van der Waals surface area contributed by atoms with Crippen LogP contribution in [0.25, 0.3) is 0 Å². The maximum atomic E-state index is 11.7. The molecule has 0 spiro atoms. The van der Waals surface area contributed by atoms with Crippen molar-refractivity contribution in [1.82, 2.24) is 16.0 Å². The van der Waals surface area contributed by atoms with E-state index >= 15 is 0 Å². The van der Waals surface area contributed by atoms with E-state index in [0.29, 0.717) is 19.1 Å². The first kappa shape index (κ1) is 17.8. The van der Waals surface area contributed by atoms with Crippen LogP contribution >= 0.6 is 0 Å². The van der Waals surface area contributed by atoms with Gasteiger partial charge in [-0.1, -0.05) is 27.7 Å². The number of nitrogens with one attached hydrogen (secondary N) is 3. The van der Waals surface area contributed by atoms with Crippen LogP contribution in [0.1, 0.15) is 53.4 Å². The molecule has 1 aliphatic carbocycles. The highest BCUT2D eigenvalue weighted by Gasteiger charge is 2.21. The standard InChI is InChI=1S/C16H32N4O/c1-12-6-8-13(9-7-12)20-15(17-5)19-11-10-18-14(21)16(2,3)4/h12-13H,6-11H2,1-5H3,(H,18,21)(H2,17,19,20). The molecule has 0 aromatic rings. The Hall–Kier alpha value is -1.26. The molecule has 21 heavy (non-hydrogen) atoms. The van der Waals surface area contributed by atoms with Crippen molar-refractivity contribution in [2.24, 2.45) is 16.3 Å². The van der Waals surface area contributed by atoms with Gasteiger partial charge in [0.1, 0.15) is 0 Å². The lowest BCUT2D eigenvalue weighted by molar-refractivity contribution is -0.128. The van der Waals surface area contributed by atoms with Crippen molar-refractivity contribution in [1.29, 1.82) is 0 Å². The molecule has 0 radical (unpaired) electrons. The Morgan fingerprint density at radius 1 is 1.10 bits per heavy atom. The van der Waals surface area contributed by atoms with E-state index < -0.39 is 0 Å². The molecule has 1 aliphatic rings. The van der Waals surface area contributed by atoms with Crippen molar-refractivity contribution in [3.63, 3.8) is 0 Å². The highest BCUT2D eigenvalue weighted by Crippen LogP contribution is 2.23. The van der Waals surface area contributed by atoms with Crippen LogP contribution in [0.2, 0.25) is 0 Å². The fraction of sp³-hybridized carbons (Fsp3) is 0.875. The molecule has 3 N–H and O–H groups in total. The molecule has 0 unspecified atom stereocenters. The number of hydrogen-bond acceptors (Lipinski definition) is 2. The summed E-state index contributed by atoms with van der Waals surface area (Å²) < 4.78 is 0. The fourth-order valence-electron chi connectivity index (χ4n) is 2.41. The maximum Gasteiger partial charge on any atom is 0.225 e. The van der Waals surface area contributed by atoms with Crippen molar-refractivity contribution in [3.05, 3.63) is 0 Å². The molecule has 122 valence electrons. The molecule has 1 saturated carbocycles. The molecular weight excluding hydrogens is 264 g/mol. The van der Waals surface area contributed by atoms with Gasteiger partial charge in [-0.25, -0.2) is 0 Å². The Morgan fingerprint density at radius 3 is 2.19 bits per heavy atom. The fourth-order valence-corrected chi connectivity index (χ4v) is 2.41. The molecule has 0 saturated heterocycles. The van der Waals surface area contributed by atoms with E-state index in [1.165, 1.54) is 25.7 Å². The minimum atomic E-state index is -0.335. The van der Waals surface area contributed by atoms with Crippen LogP contribution in [0.15, 0.2) is 4.99 Å². The van der Waals surface area contributed by atoms with Gasteiger partial charge in [0.05, 0.1) is 0 Å². The molecule has 0 heterocycles. The molecule has 0 aliphatic heterocycles. The second-order valence-electron chi connectivity index (χ2n) is 7.11. The van der Waals surface area contributed by atoms with Gasteiger partial charge in [-0.15, -0.1) is 0 Å². The van der Waals surface area contributed by atoms with Crippen LogP contribution < -0.4 is 16.0 Å². The zero-order valence-corrected chi connectivity index (χ0v) is 14.3. The van der Waals surface area contributed by atoms with Crippen molar-refractivity contribution < 1.29 is 4.79 Å². The molecule has 0 bridgehead atoms. The third-order valence-corrected chi connectivity index (χ3v) is 3.96. The molecular formula is C16H32N4O. The Kier molecular flexibility index (Phi) is 6.99. The smallest absolute Gasteiger partial charge is 0.225 e. The largest absolute Gasteiger partial charge is 0.355 e. The van der Waals surface area contributed by atoms with E-state index in [4.69, 9.17) is 0 Å². The first-order valence-electron chi connectivity index (χ1n) is 8.08. The van der Waals surface area contributed by atoms with E-state index in [0.717, 1.165) is 11.9 Å². The van der Waals surface area contributed by atoms with Gasteiger partial charge < -0.3 is 16.0 Å². The third-order valence-electron chi connectivity index (χ3n) is 3.96. The molecule has 1 rings (SSSR count). The van der Waals surface area contributed by atoms with Gasteiger partial charge in [0.15, 0.2) is 5.96 Å². The van der Waals surface area contributed by atoms with Crippen molar-refractivity contribution in [2.75, 3.05) is 20.1 Å². The van der Waals surface area contributed by atoms with E-state index in [1.807, 2.05) is 20.8 Å². The summed E-state index contributed by atoms with van der Waals surface area (Å²) in [5.41, 5.74) is -0.335. The normalized spacial score (nSPS) is 23.6. The SMILES string of the molecule is CN=C(NCCNC(=O)C(C)(C)C)NC1CCC(C)CC1. The van der Waals surface area contributed by atoms with Gasteiger partial charge in [0.2, 0.25) is 5.91 Å². The average Bonchev–Trinajstić information content (AvgIpc) is 2.43. The zero-order chi connectivity index (χ0) is 15.9. The highest BCUT2D eigenvalue weighted by molar-refractivity contribution is 5.82. The number of nitrogens with zero attached hydrogens (tertiary/aromatic N) is 1. The molecule has 1 fully saturated rings. The van der Waals surface area contributed by atoms with E-state index in [1.54, 1.807) is 7.05 Å². The number of carbonyl (C=O) groups is 1. The minimum Gasteiger partial charge on any atom is -0.355 e. The van der Waals surface area contributed by atoms with Crippen LogP contribution in [0, 0.1) is 11.3 Å². The van der Waals surface area contributed by atoms with Crippen LogP contribution in [0.3, 0.4) is 0 Å². The van der Waals surface area contributed by atoms with Gasteiger partial charge in [-0.2, -0.15) is 0 Å². The number of guanidine groups is 1. The first-order chi connectivity index (χ1) is 9.82. The van der Waals surface area contributed by atoms with Gasteiger partial charge in [-0.05, 0) is 31.6 Å². The van der Waals surface area contributed by atoms with E-state index in [2.05, 4.69) is 27.9 Å². The second-order valence-corrected chi connectivity index (χ2v) is 7.11. The summed E-state index contributed by atoms with van der Waals surface area (Å²) in [6.07, 6.45) is 5.00. The summed E-state index contributed by atoms with van der Waals surface area (Å²) in [6.45, 7) is 9.37. The summed E-state index contributed by atoms with van der Waals surface area (Å²) in [5.74, 6) is 1.76. The summed E-state index contributed by atoms with van der Waals surface area (Å²) in [4.78, 5) is 16.0. The predicted octanol–water partition coefficient (Wildman–Crippen LogP) is 1.89. The highest BCUT2D eigenvalue weighted by atomic mass is 16.2. The van der Waals surface area contributed by atoms with Crippen LogP contribution in [0.5, 0.6) is 0 Å². The van der Waals surface area contributed by atoms with Crippen LogP contribution in [-0.4, -0.2) is 38.0 Å². The number of amides is 1. The topological polar surface area (TPSA) is 65.5 Å². The Bertz CT molecular complexity index is 352. The lowest BCUT2D eigenvalue weighted by atomic mass is 9.87. The van der Waals surface area contributed by atoms with Crippen LogP contribution in [0.4, 0.5) is 0 Å². The molecule has 0 aromatic heterocycles. The lowest BCUT2D eigenvalue weighted by Crippen LogP contribution is -2.47. The minimum absolute atomic E-state index is 0.0773. The quantitative estimate of drug-likeness (QED) is 0.422. The Morgan fingerprint density at radius 2 is 1.67 bits per heavy atom. The number of aliphatic imine (C=N–C) groups is 1. The Labute approximate surface area is 129 Å². The number of rotatable bonds is 4. The number of carbonyl (C=O) groups excluding carboxylic acids is 1. The Balaban J connectivity index is 2.22. The van der Waals surface area contributed by atoms with E-state index in [9.17, 15) is 4.79 Å². The lowest BCUT2D eigenvalue weighted by Gasteiger charge is -2.28. The average molecular weight is 296 g/mol. The van der Waals surface area contributed by atoms with Crippen LogP contribution in [-0.2, 0) is 4.79 Å².